The van der Waals surface area contributed by atoms with Crippen molar-refractivity contribution >= 4 is 33.2 Å². The smallest absolute Gasteiger partial charge is 0.240 e. The van der Waals surface area contributed by atoms with Crippen LogP contribution in [-0.4, -0.2) is 11.6 Å². The first-order valence-corrected chi connectivity index (χ1v) is 6.79. The van der Waals surface area contributed by atoms with Crippen LogP contribution in [0.2, 0.25) is 5.02 Å². The van der Waals surface area contributed by atoms with Gasteiger partial charge in [0.25, 0.3) is 0 Å². The van der Waals surface area contributed by atoms with E-state index in [9.17, 15) is 0 Å². The molecule has 19 heavy (non-hydrogen) atoms. The van der Waals surface area contributed by atoms with E-state index in [1.165, 1.54) is 0 Å². The minimum Gasteiger partial charge on any atom is -0.476 e. The molecule has 0 spiro atoms. The second kappa shape index (κ2) is 6.12. The lowest BCUT2D eigenvalue weighted by Crippen LogP contribution is -2.00. The fourth-order valence-corrected chi connectivity index (χ4v) is 2.13. The van der Waals surface area contributed by atoms with E-state index in [0.717, 1.165) is 4.47 Å². The summed E-state index contributed by atoms with van der Waals surface area (Å²) < 4.78 is 11.8. The maximum Gasteiger partial charge on any atom is 0.240 e. The van der Waals surface area contributed by atoms with E-state index < -0.39 is 0 Å². The fraction of sp³-hybridized carbons (Fsp3) is 0.154. The molecule has 0 unspecified atom stereocenters. The van der Waals surface area contributed by atoms with Gasteiger partial charge in [-0.25, -0.2) is 0 Å². The van der Waals surface area contributed by atoms with Crippen LogP contribution in [0, 0.1) is 0 Å². The molecule has 0 radical (unpaired) electrons. The number of aromatic nitrogens is 1. The number of ether oxygens (including phenoxy) is 2. The lowest BCUT2D eigenvalue weighted by Gasteiger charge is -2.10. The van der Waals surface area contributed by atoms with Gasteiger partial charge in [-0.1, -0.05) is 27.5 Å². The normalized spacial score (nSPS) is 10.3. The highest BCUT2D eigenvalue weighted by Gasteiger charge is 2.08. The molecule has 0 saturated carbocycles. The summed E-state index contributed by atoms with van der Waals surface area (Å²) in [5.74, 6) is 1.25. The first-order chi connectivity index (χ1) is 9.10. The van der Waals surface area contributed by atoms with Crippen molar-refractivity contribution in [3.05, 3.63) is 39.8 Å². The number of hydrogen-bond acceptors (Lipinski definition) is 4. The quantitative estimate of drug-likeness (QED) is 0.900. The van der Waals surface area contributed by atoms with E-state index in [1.54, 1.807) is 24.3 Å². The maximum absolute atomic E-state index is 6.07. The lowest BCUT2D eigenvalue weighted by atomic mass is 10.3. The van der Waals surface area contributed by atoms with E-state index in [0.29, 0.717) is 34.8 Å². The van der Waals surface area contributed by atoms with Gasteiger partial charge in [0.2, 0.25) is 11.8 Å². The highest BCUT2D eigenvalue weighted by atomic mass is 79.9. The Hall–Kier alpha value is -1.46. The zero-order valence-corrected chi connectivity index (χ0v) is 12.5. The Morgan fingerprint density at radius 2 is 2.11 bits per heavy atom. The van der Waals surface area contributed by atoms with Crippen LogP contribution in [0.1, 0.15) is 6.92 Å². The largest absolute Gasteiger partial charge is 0.476 e. The van der Waals surface area contributed by atoms with Gasteiger partial charge in [-0.3, -0.25) is 0 Å². The predicted octanol–water partition coefficient (Wildman–Crippen LogP) is 4.27. The summed E-state index contributed by atoms with van der Waals surface area (Å²) in [6.45, 7) is 2.35. The molecule has 1 aromatic heterocycles. The molecule has 1 aromatic carbocycles. The Balaban J connectivity index is 2.25. The SMILES string of the molecule is CCOc1nc(Oc2ccc(Br)cc2Cl)ccc1N. The number of nitrogens with two attached hydrogens (primary N) is 1. The predicted molar refractivity (Wildman–Crippen MR) is 79.0 cm³/mol. The number of halogens is 2. The second-order valence-corrected chi connectivity index (χ2v) is 4.98. The number of pyridine rings is 1. The average molecular weight is 344 g/mol. The first-order valence-electron chi connectivity index (χ1n) is 5.62. The molecule has 2 N–H and O–H groups in total. The molecule has 4 nitrogen and oxygen atoms in total. The third kappa shape index (κ3) is 3.52. The zero-order valence-electron chi connectivity index (χ0n) is 10.2. The van der Waals surface area contributed by atoms with E-state index in [2.05, 4.69) is 20.9 Å². The molecule has 0 aliphatic heterocycles. The van der Waals surface area contributed by atoms with Crippen molar-refractivity contribution in [1.82, 2.24) is 4.98 Å². The minimum absolute atomic E-state index is 0.355. The summed E-state index contributed by atoms with van der Waals surface area (Å²) >= 11 is 9.40. The summed E-state index contributed by atoms with van der Waals surface area (Å²) in [5.41, 5.74) is 6.21. The zero-order chi connectivity index (χ0) is 13.8. The number of nitrogens with zero attached hydrogens (tertiary/aromatic N) is 1. The summed E-state index contributed by atoms with van der Waals surface area (Å²) in [7, 11) is 0. The van der Waals surface area contributed by atoms with Gasteiger partial charge in [-0.05, 0) is 31.2 Å². The molecule has 0 fully saturated rings. The second-order valence-electron chi connectivity index (χ2n) is 3.65. The molecular formula is C13H12BrClN2O2. The van der Waals surface area contributed by atoms with E-state index in [1.807, 2.05) is 13.0 Å². The van der Waals surface area contributed by atoms with Crippen LogP contribution in [-0.2, 0) is 0 Å². The van der Waals surface area contributed by atoms with E-state index >= 15 is 0 Å². The first kappa shape index (κ1) is 14.0. The van der Waals surface area contributed by atoms with Crippen molar-refractivity contribution in [2.24, 2.45) is 0 Å². The summed E-state index contributed by atoms with van der Waals surface area (Å²) in [6, 6.07) is 8.68. The Kier molecular flexibility index (Phi) is 4.50. The Morgan fingerprint density at radius 1 is 1.32 bits per heavy atom. The molecule has 0 aliphatic carbocycles. The van der Waals surface area contributed by atoms with Crippen molar-refractivity contribution in [3.63, 3.8) is 0 Å². The van der Waals surface area contributed by atoms with Gasteiger partial charge in [-0.15, -0.1) is 0 Å². The van der Waals surface area contributed by atoms with Crippen LogP contribution in [0.25, 0.3) is 0 Å². The van der Waals surface area contributed by atoms with Crippen LogP contribution in [0.5, 0.6) is 17.5 Å². The Morgan fingerprint density at radius 3 is 2.79 bits per heavy atom. The summed E-state index contributed by atoms with van der Waals surface area (Å²) in [4.78, 5) is 4.18. The van der Waals surface area contributed by atoms with Crippen LogP contribution in [0.15, 0.2) is 34.8 Å². The monoisotopic (exact) mass is 342 g/mol. The lowest BCUT2D eigenvalue weighted by molar-refractivity contribution is 0.323. The van der Waals surface area contributed by atoms with Crippen molar-refractivity contribution in [3.8, 4) is 17.5 Å². The molecule has 0 saturated heterocycles. The number of hydrogen-bond donors (Lipinski definition) is 1. The van der Waals surface area contributed by atoms with Crippen LogP contribution in [0.4, 0.5) is 5.69 Å². The molecule has 2 aromatic rings. The van der Waals surface area contributed by atoms with Gasteiger partial charge < -0.3 is 15.2 Å². The number of nitrogen functional groups attached to an aromatic ring is 1. The molecule has 0 bridgehead atoms. The number of anilines is 1. The Bertz CT molecular complexity index is 593. The third-order valence-electron chi connectivity index (χ3n) is 2.25. The number of benzene rings is 1. The standard InChI is InChI=1S/C13H12BrClN2O2/c1-2-18-13-10(16)4-6-12(17-13)19-11-5-3-8(14)7-9(11)15/h3-7H,2,16H2,1H3. The van der Waals surface area contributed by atoms with Gasteiger partial charge in [0.15, 0.2) is 0 Å². The van der Waals surface area contributed by atoms with Gasteiger partial charge in [-0.2, -0.15) is 4.98 Å². The summed E-state index contributed by atoms with van der Waals surface area (Å²) in [5, 5.41) is 0.492. The van der Waals surface area contributed by atoms with Gasteiger partial charge in [0, 0.05) is 10.5 Å². The summed E-state index contributed by atoms with van der Waals surface area (Å²) in [6.07, 6.45) is 0. The van der Waals surface area contributed by atoms with Crippen LogP contribution >= 0.6 is 27.5 Å². The van der Waals surface area contributed by atoms with Gasteiger partial charge in [0.05, 0.1) is 17.3 Å². The molecule has 0 amide bonds. The highest BCUT2D eigenvalue weighted by Crippen LogP contribution is 2.32. The van der Waals surface area contributed by atoms with Gasteiger partial charge >= 0.3 is 0 Å². The topological polar surface area (TPSA) is 57.4 Å². The minimum atomic E-state index is 0.355. The highest BCUT2D eigenvalue weighted by molar-refractivity contribution is 9.10. The fourth-order valence-electron chi connectivity index (χ4n) is 1.41. The molecule has 100 valence electrons. The van der Waals surface area contributed by atoms with E-state index in [4.69, 9.17) is 26.8 Å². The average Bonchev–Trinajstić information content (AvgIpc) is 2.37. The van der Waals surface area contributed by atoms with Crippen molar-refractivity contribution in [2.75, 3.05) is 12.3 Å². The molecule has 0 aliphatic rings. The Labute approximate surface area is 124 Å². The molecular weight excluding hydrogens is 332 g/mol. The van der Waals surface area contributed by atoms with Crippen molar-refractivity contribution < 1.29 is 9.47 Å². The molecule has 1 heterocycles. The molecule has 6 heteroatoms. The van der Waals surface area contributed by atoms with Crippen LogP contribution in [0.3, 0.4) is 0 Å². The number of rotatable bonds is 4. The van der Waals surface area contributed by atoms with Crippen LogP contribution < -0.4 is 15.2 Å². The van der Waals surface area contributed by atoms with E-state index in [-0.39, 0.29) is 0 Å². The molecule has 2 rings (SSSR count). The maximum atomic E-state index is 6.07. The van der Waals surface area contributed by atoms with Gasteiger partial charge in [0.1, 0.15) is 5.75 Å². The third-order valence-corrected chi connectivity index (χ3v) is 3.04. The molecule has 0 atom stereocenters. The van der Waals surface area contributed by atoms with Crippen molar-refractivity contribution in [2.45, 2.75) is 6.92 Å². The van der Waals surface area contributed by atoms with Crippen molar-refractivity contribution in [1.29, 1.82) is 0 Å².